The van der Waals surface area contributed by atoms with Crippen molar-refractivity contribution in [1.29, 1.82) is 0 Å². The predicted octanol–water partition coefficient (Wildman–Crippen LogP) is 2.44. The highest BCUT2D eigenvalue weighted by Crippen LogP contribution is 2.35. The van der Waals surface area contributed by atoms with E-state index in [0.717, 1.165) is 12.1 Å². The number of anilines is 1. The quantitative estimate of drug-likeness (QED) is 0.632. The minimum absolute atomic E-state index is 0.124. The number of thiocarbonyl (C=S) groups is 1. The molecular weight excluding hydrogens is 324 g/mol. The molecule has 1 aromatic carbocycles. The van der Waals surface area contributed by atoms with Crippen LogP contribution in [0.1, 0.15) is 5.56 Å². The van der Waals surface area contributed by atoms with Gasteiger partial charge in [0.2, 0.25) is 0 Å². The molecule has 0 saturated carbocycles. The predicted molar refractivity (Wildman–Crippen MR) is 75.0 cm³/mol. The molecule has 0 spiro atoms. The fourth-order valence-electron chi connectivity index (χ4n) is 1.95. The highest BCUT2D eigenvalue weighted by Gasteiger charge is 2.35. The molecule has 4 nitrogen and oxygen atoms in total. The van der Waals surface area contributed by atoms with Crippen LogP contribution in [-0.4, -0.2) is 42.1 Å². The SMILES string of the molecule is O=C(Nc1ccc(F)cc1C(F)(F)F)C(=S)N1CCOCC1. The van der Waals surface area contributed by atoms with Crippen molar-refractivity contribution in [2.45, 2.75) is 6.18 Å². The summed E-state index contributed by atoms with van der Waals surface area (Å²) in [7, 11) is 0. The van der Waals surface area contributed by atoms with Crippen molar-refractivity contribution in [2.75, 3.05) is 31.6 Å². The van der Waals surface area contributed by atoms with Crippen LogP contribution in [0.4, 0.5) is 23.2 Å². The number of hydrogen-bond acceptors (Lipinski definition) is 3. The molecule has 0 aromatic heterocycles. The van der Waals surface area contributed by atoms with Gasteiger partial charge >= 0.3 is 6.18 Å². The number of halogens is 4. The highest BCUT2D eigenvalue weighted by atomic mass is 32.1. The van der Waals surface area contributed by atoms with Crippen LogP contribution < -0.4 is 5.32 Å². The lowest BCUT2D eigenvalue weighted by molar-refractivity contribution is -0.137. The van der Waals surface area contributed by atoms with E-state index in [4.69, 9.17) is 17.0 Å². The van der Waals surface area contributed by atoms with Gasteiger partial charge in [-0.15, -0.1) is 0 Å². The summed E-state index contributed by atoms with van der Waals surface area (Å²) in [6, 6.07) is 2.02. The first kappa shape index (κ1) is 16.6. The number of amides is 1. The maximum atomic E-state index is 13.0. The van der Waals surface area contributed by atoms with E-state index in [1.165, 1.54) is 0 Å². The number of rotatable bonds is 1. The maximum absolute atomic E-state index is 13.0. The largest absolute Gasteiger partial charge is 0.418 e. The number of carbonyl (C=O) groups excluding carboxylic acids is 1. The summed E-state index contributed by atoms with van der Waals surface area (Å²) in [6.45, 7) is 1.55. The monoisotopic (exact) mass is 336 g/mol. The molecule has 1 amide bonds. The van der Waals surface area contributed by atoms with Crippen LogP contribution in [0, 0.1) is 5.82 Å². The zero-order chi connectivity index (χ0) is 16.3. The first-order valence-electron chi connectivity index (χ1n) is 6.34. The molecule has 0 aliphatic carbocycles. The summed E-state index contributed by atoms with van der Waals surface area (Å²) in [5.74, 6) is -1.88. The van der Waals surface area contributed by atoms with Gasteiger partial charge in [0, 0.05) is 13.1 Å². The van der Waals surface area contributed by atoms with Crippen LogP contribution in [-0.2, 0) is 15.7 Å². The van der Waals surface area contributed by atoms with Crippen LogP contribution in [0.3, 0.4) is 0 Å². The molecule has 0 bridgehead atoms. The van der Waals surface area contributed by atoms with Crippen LogP contribution in [0.15, 0.2) is 18.2 Å². The molecule has 0 atom stereocenters. The molecule has 120 valence electrons. The average Bonchev–Trinajstić information content (AvgIpc) is 2.48. The van der Waals surface area contributed by atoms with Crippen molar-refractivity contribution < 1.29 is 27.1 Å². The van der Waals surface area contributed by atoms with E-state index in [1.54, 1.807) is 4.90 Å². The molecule has 1 aliphatic heterocycles. The lowest BCUT2D eigenvalue weighted by atomic mass is 10.1. The fraction of sp³-hybridized carbons (Fsp3) is 0.385. The molecule has 1 fully saturated rings. The third kappa shape index (κ3) is 3.92. The Kier molecular flexibility index (Phi) is 4.97. The van der Waals surface area contributed by atoms with Gasteiger partial charge in [-0.25, -0.2) is 4.39 Å². The molecule has 1 aliphatic rings. The molecular formula is C13H12F4N2O2S. The van der Waals surface area contributed by atoms with Crippen molar-refractivity contribution >= 4 is 28.8 Å². The molecule has 2 rings (SSSR count). The topological polar surface area (TPSA) is 41.6 Å². The van der Waals surface area contributed by atoms with Gasteiger partial charge in [-0.3, -0.25) is 4.79 Å². The first-order chi connectivity index (χ1) is 10.3. The van der Waals surface area contributed by atoms with Gasteiger partial charge in [0.15, 0.2) is 4.99 Å². The number of ether oxygens (including phenoxy) is 1. The smallest absolute Gasteiger partial charge is 0.378 e. The number of alkyl halides is 3. The maximum Gasteiger partial charge on any atom is 0.418 e. The minimum Gasteiger partial charge on any atom is -0.378 e. The summed E-state index contributed by atoms with van der Waals surface area (Å²) in [4.78, 5) is 13.4. The zero-order valence-electron chi connectivity index (χ0n) is 11.2. The van der Waals surface area contributed by atoms with Crippen LogP contribution in [0.2, 0.25) is 0 Å². The second kappa shape index (κ2) is 6.57. The van der Waals surface area contributed by atoms with E-state index in [9.17, 15) is 22.4 Å². The van der Waals surface area contributed by atoms with Gasteiger partial charge < -0.3 is 15.0 Å². The summed E-state index contributed by atoms with van der Waals surface area (Å²) < 4.78 is 56.7. The molecule has 1 heterocycles. The number of nitrogens with one attached hydrogen (secondary N) is 1. The van der Waals surface area contributed by atoms with E-state index in [1.807, 2.05) is 0 Å². The Hall–Kier alpha value is -1.74. The van der Waals surface area contributed by atoms with Gasteiger partial charge in [-0.2, -0.15) is 13.2 Å². The van der Waals surface area contributed by atoms with E-state index in [-0.39, 0.29) is 4.99 Å². The van der Waals surface area contributed by atoms with Crippen LogP contribution in [0.25, 0.3) is 0 Å². The molecule has 9 heteroatoms. The summed E-state index contributed by atoms with van der Waals surface area (Å²) >= 11 is 4.96. The Balaban J connectivity index is 2.16. The number of nitrogens with zero attached hydrogens (tertiary/aromatic N) is 1. The lowest BCUT2D eigenvalue weighted by Crippen LogP contribution is -2.45. The molecule has 0 unspecified atom stereocenters. The normalized spacial score (nSPS) is 15.5. The summed E-state index contributed by atoms with van der Waals surface area (Å²) in [6.07, 6.45) is -4.79. The molecule has 0 radical (unpaired) electrons. The first-order valence-corrected chi connectivity index (χ1v) is 6.74. The lowest BCUT2D eigenvalue weighted by Gasteiger charge is -2.28. The van der Waals surface area contributed by atoms with Gasteiger partial charge in [-0.1, -0.05) is 12.2 Å². The van der Waals surface area contributed by atoms with Gasteiger partial charge in [0.1, 0.15) is 5.82 Å². The zero-order valence-corrected chi connectivity index (χ0v) is 12.1. The second-order valence-electron chi connectivity index (χ2n) is 4.55. The second-order valence-corrected chi connectivity index (χ2v) is 4.93. The van der Waals surface area contributed by atoms with E-state index in [2.05, 4.69) is 5.32 Å². The Labute approximate surface area is 129 Å². The number of hydrogen-bond donors (Lipinski definition) is 1. The standard InChI is InChI=1S/C13H12F4N2O2S/c14-8-1-2-10(9(7-8)13(15,16)17)18-11(20)12(22)19-3-5-21-6-4-19/h1-2,7H,3-6H2,(H,18,20). The van der Waals surface area contributed by atoms with E-state index in [0.29, 0.717) is 32.4 Å². The minimum atomic E-state index is -4.79. The summed E-state index contributed by atoms with van der Waals surface area (Å²) in [5, 5.41) is 2.09. The van der Waals surface area contributed by atoms with Crippen LogP contribution in [0.5, 0.6) is 0 Å². The third-order valence-electron chi connectivity index (χ3n) is 3.03. The Morgan fingerprint density at radius 2 is 1.91 bits per heavy atom. The number of benzene rings is 1. The molecule has 1 saturated heterocycles. The highest BCUT2D eigenvalue weighted by molar-refractivity contribution is 7.82. The Morgan fingerprint density at radius 1 is 1.27 bits per heavy atom. The van der Waals surface area contributed by atoms with Crippen molar-refractivity contribution in [3.05, 3.63) is 29.6 Å². The van der Waals surface area contributed by atoms with Crippen molar-refractivity contribution in [1.82, 2.24) is 4.90 Å². The van der Waals surface area contributed by atoms with Gasteiger partial charge in [0.25, 0.3) is 5.91 Å². The number of carbonyl (C=O) groups is 1. The Bertz CT molecular complexity index is 586. The van der Waals surface area contributed by atoms with Crippen molar-refractivity contribution in [3.63, 3.8) is 0 Å². The van der Waals surface area contributed by atoms with Gasteiger partial charge in [0.05, 0.1) is 24.5 Å². The fourth-order valence-corrected chi connectivity index (χ4v) is 2.18. The van der Waals surface area contributed by atoms with Crippen molar-refractivity contribution in [3.8, 4) is 0 Å². The van der Waals surface area contributed by atoms with Crippen molar-refractivity contribution in [2.24, 2.45) is 0 Å². The van der Waals surface area contributed by atoms with E-state index < -0.39 is 29.2 Å². The van der Waals surface area contributed by atoms with E-state index >= 15 is 0 Å². The van der Waals surface area contributed by atoms with Crippen LogP contribution >= 0.6 is 12.2 Å². The third-order valence-corrected chi connectivity index (χ3v) is 3.47. The number of morpholine rings is 1. The Morgan fingerprint density at radius 3 is 2.50 bits per heavy atom. The summed E-state index contributed by atoms with van der Waals surface area (Å²) in [5.41, 5.74) is -1.79. The van der Waals surface area contributed by atoms with Gasteiger partial charge in [-0.05, 0) is 18.2 Å². The molecule has 22 heavy (non-hydrogen) atoms. The molecule has 1 N–H and O–H groups in total. The molecule has 1 aromatic rings. The average molecular weight is 336 g/mol.